The quantitative estimate of drug-likeness (QED) is 0.401. The van der Waals surface area contributed by atoms with Crippen molar-refractivity contribution in [2.45, 2.75) is 6.92 Å². The lowest BCUT2D eigenvalue weighted by atomic mass is 10.2. The lowest BCUT2D eigenvalue weighted by Crippen LogP contribution is -2.00. The fourth-order valence-corrected chi connectivity index (χ4v) is 2.60. The highest BCUT2D eigenvalue weighted by Gasteiger charge is 2.18. The van der Waals surface area contributed by atoms with Gasteiger partial charge in [0.25, 0.3) is 0 Å². The number of fused-ring (bicyclic) bond motifs is 1. The highest BCUT2D eigenvalue weighted by atomic mass is 19.1. The monoisotopic (exact) mass is 365 g/mol. The fraction of sp³-hybridized carbons (Fsp3) is 0.0556. The van der Waals surface area contributed by atoms with Crippen LogP contribution in [0.15, 0.2) is 54.6 Å². The molecule has 9 heteroatoms. The number of benzene rings is 2. The van der Waals surface area contributed by atoms with Gasteiger partial charge in [-0.15, -0.1) is 15.3 Å². The SMILES string of the molecule is Cc1ccc([N+](=O)[O-])c(Oc2ccc3nnc(-c4ccccc4F)n3n2)c1. The van der Waals surface area contributed by atoms with Crippen molar-refractivity contribution in [1.29, 1.82) is 0 Å². The maximum Gasteiger partial charge on any atom is 0.311 e. The molecule has 4 rings (SSSR count). The smallest absolute Gasteiger partial charge is 0.311 e. The number of hydrogen-bond donors (Lipinski definition) is 0. The van der Waals surface area contributed by atoms with Crippen LogP contribution >= 0.6 is 0 Å². The highest BCUT2D eigenvalue weighted by molar-refractivity contribution is 5.59. The van der Waals surface area contributed by atoms with E-state index in [9.17, 15) is 14.5 Å². The van der Waals surface area contributed by atoms with Crippen LogP contribution in [-0.4, -0.2) is 24.7 Å². The van der Waals surface area contributed by atoms with Crippen molar-refractivity contribution in [3.8, 4) is 23.0 Å². The minimum Gasteiger partial charge on any atom is -0.430 e. The normalized spacial score (nSPS) is 10.9. The fourth-order valence-electron chi connectivity index (χ4n) is 2.60. The molecule has 0 bridgehead atoms. The summed E-state index contributed by atoms with van der Waals surface area (Å²) in [5, 5.41) is 23.4. The summed E-state index contributed by atoms with van der Waals surface area (Å²) in [7, 11) is 0. The van der Waals surface area contributed by atoms with Gasteiger partial charge in [-0.1, -0.05) is 18.2 Å². The molecule has 8 nitrogen and oxygen atoms in total. The van der Waals surface area contributed by atoms with Gasteiger partial charge in [0.1, 0.15) is 5.82 Å². The van der Waals surface area contributed by atoms with Gasteiger partial charge in [-0.05, 0) is 36.8 Å². The Labute approximate surface area is 152 Å². The van der Waals surface area contributed by atoms with Crippen LogP contribution in [0.4, 0.5) is 10.1 Å². The maximum atomic E-state index is 14.1. The molecular weight excluding hydrogens is 353 g/mol. The predicted octanol–water partition coefficient (Wildman–Crippen LogP) is 3.94. The predicted molar refractivity (Wildman–Crippen MR) is 94.1 cm³/mol. The van der Waals surface area contributed by atoms with Crippen LogP contribution in [0.2, 0.25) is 0 Å². The minimum absolute atomic E-state index is 0.0624. The van der Waals surface area contributed by atoms with Crippen molar-refractivity contribution in [2.24, 2.45) is 0 Å². The van der Waals surface area contributed by atoms with Crippen LogP contribution in [0, 0.1) is 22.9 Å². The summed E-state index contributed by atoms with van der Waals surface area (Å²) in [5.41, 5.74) is 1.24. The second-order valence-corrected chi connectivity index (χ2v) is 5.78. The average molecular weight is 365 g/mol. The number of nitro groups is 1. The van der Waals surface area contributed by atoms with Crippen molar-refractivity contribution in [3.63, 3.8) is 0 Å². The van der Waals surface area contributed by atoms with Crippen LogP contribution in [0.5, 0.6) is 11.6 Å². The Bertz CT molecular complexity index is 1170. The third kappa shape index (κ3) is 3.06. The van der Waals surface area contributed by atoms with Crippen molar-refractivity contribution in [2.75, 3.05) is 0 Å². The van der Waals surface area contributed by atoms with Gasteiger partial charge in [-0.25, -0.2) is 4.39 Å². The molecular formula is C18H12FN5O3. The number of ether oxygens (including phenoxy) is 1. The van der Waals surface area contributed by atoms with Gasteiger partial charge in [0.15, 0.2) is 11.5 Å². The first-order valence-corrected chi connectivity index (χ1v) is 7.93. The molecule has 0 unspecified atom stereocenters. The molecule has 27 heavy (non-hydrogen) atoms. The van der Waals surface area contributed by atoms with Crippen molar-refractivity contribution in [1.82, 2.24) is 19.8 Å². The molecule has 0 aliphatic carbocycles. The highest BCUT2D eigenvalue weighted by Crippen LogP contribution is 2.31. The van der Waals surface area contributed by atoms with E-state index in [4.69, 9.17) is 4.74 Å². The molecule has 2 heterocycles. The number of rotatable bonds is 4. The summed E-state index contributed by atoms with van der Waals surface area (Å²) in [4.78, 5) is 10.7. The Morgan fingerprint density at radius 1 is 1.11 bits per heavy atom. The summed E-state index contributed by atoms with van der Waals surface area (Å²) in [6.45, 7) is 1.79. The third-order valence-corrected chi connectivity index (χ3v) is 3.88. The molecule has 2 aromatic heterocycles. The zero-order valence-corrected chi connectivity index (χ0v) is 14.0. The van der Waals surface area contributed by atoms with E-state index in [1.807, 2.05) is 0 Å². The summed E-state index contributed by atoms with van der Waals surface area (Å²) in [6, 6.07) is 13.8. The first-order valence-electron chi connectivity index (χ1n) is 7.93. The molecule has 0 N–H and O–H groups in total. The lowest BCUT2D eigenvalue weighted by Gasteiger charge is -2.07. The molecule has 0 atom stereocenters. The Hall–Kier alpha value is -3.88. The van der Waals surface area contributed by atoms with Crippen LogP contribution in [0.1, 0.15) is 5.56 Å². The summed E-state index contributed by atoms with van der Waals surface area (Å²) in [5.74, 6) is -0.109. The van der Waals surface area contributed by atoms with Crippen LogP contribution < -0.4 is 4.74 Å². The van der Waals surface area contributed by atoms with Crippen LogP contribution in [0.3, 0.4) is 0 Å². The number of aryl methyl sites for hydroxylation is 1. The van der Waals surface area contributed by atoms with E-state index in [0.717, 1.165) is 5.56 Å². The molecule has 0 spiro atoms. The van der Waals surface area contributed by atoms with Crippen LogP contribution in [-0.2, 0) is 0 Å². The molecule has 0 radical (unpaired) electrons. The Kier molecular flexibility index (Phi) is 3.96. The second-order valence-electron chi connectivity index (χ2n) is 5.78. The molecule has 4 aromatic rings. The van der Waals surface area contributed by atoms with E-state index in [1.54, 1.807) is 43.3 Å². The van der Waals surface area contributed by atoms with E-state index >= 15 is 0 Å². The zero-order chi connectivity index (χ0) is 19.0. The van der Waals surface area contributed by atoms with Gasteiger partial charge in [0, 0.05) is 12.1 Å². The Morgan fingerprint density at radius 2 is 1.93 bits per heavy atom. The first kappa shape index (κ1) is 16.6. The van der Waals surface area contributed by atoms with Crippen LogP contribution in [0.25, 0.3) is 17.0 Å². The molecule has 0 aliphatic rings. The number of aromatic nitrogens is 4. The lowest BCUT2D eigenvalue weighted by molar-refractivity contribution is -0.385. The Balaban J connectivity index is 1.79. The van der Waals surface area contributed by atoms with Gasteiger partial charge in [0.2, 0.25) is 11.6 Å². The summed E-state index contributed by atoms with van der Waals surface area (Å²) >= 11 is 0. The average Bonchev–Trinajstić information content (AvgIpc) is 3.05. The molecule has 0 saturated heterocycles. The molecule has 2 aromatic carbocycles. The van der Waals surface area contributed by atoms with Crippen molar-refractivity contribution < 1.29 is 14.1 Å². The molecule has 0 aliphatic heterocycles. The van der Waals surface area contributed by atoms with Crippen molar-refractivity contribution in [3.05, 3.63) is 76.1 Å². The van der Waals surface area contributed by atoms with E-state index in [0.29, 0.717) is 5.65 Å². The number of halogens is 1. The molecule has 0 saturated carbocycles. The second kappa shape index (κ2) is 6.45. The third-order valence-electron chi connectivity index (χ3n) is 3.88. The number of nitrogens with zero attached hydrogens (tertiary/aromatic N) is 5. The summed E-state index contributed by atoms with van der Waals surface area (Å²) < 4.78 is 21.1. The van der Waals surface area contributed by atoms with Gasteiger partial charge >= 0.3 is 5.69 Å². The van der Waals surface area contributed by atoms with E-state index in [2.05, 4.69) is 15.3 Å². The maximum absolute atomic E-state index is 14.1. The van der Waals surface area contributed by atoms with Crippen molar-refractivity contribution >= 4 is 11.3 Å². The molecule has 0 amide bonds. The molecule has 0 fully saturated rings. The number of hydrogen-bond acceptors (Lipinski definition) is 6. The van der Waals surface area contributed by atoms with Gasteiger partial charge in [0.05, 0.1) is 10.5 Å². The van der Waals surface area contributed by atoms with Gasteiger partial charge < -0.3 is 4.74 Å². The Morgan fingerprint density at radius 3 is 2.70 bits per heavy atom. The van der Waals surface area contributed by atoms with Gasteiger partial charge in [-0.2, -0.15) is 4.52 Å². The van der Waals surface area contributed by atoms with E-state index in [-0.39, 0.29) is 28.7 Å². The first-order chi connectivity index (χ1) is 13.0. The molecule has 134 valence electrons. The minimum atomic E-state index is -0.531. The largest absolute Gasteiger partial charge is 0.430 e. The topological polar surface area (TPSA) is 95.5 Å². The number of nitro benzene ring substituents is 1. The van der Waals surface area contributed by atoms with E-state index in [1.165, 1.54) is 22.7 Å². The standard InChI is InChI=1S/C18H12FN5O3/c1-11-6-7-14(24(25)26)15(10-11)27-17-9-8-16-20-21-18(23(16)22-17)12-4-2-3-5-13(12)19/h2-10H,1H3. The van der Waals surface area contributed by atoms with Gasteiger partial charge in [-0.3, -0.25) is 10.1 Å². The van der Waals surface area contributed by atoms with E-state index < -0.39 is 10.7 Å². The summed E-state index contributed by atoms with van der Waals surface area (Å²) in [6.07, 6.45) is 0. The zero-order valence-electron chi connectivity index (χ0n) is 14.0.